The predicted octanol–water partition coefficient (Wildman–Crippen LogP) is 3.37. The van der Waals surface area contributed by atoms with Gasteiger partial charge in [0.1, 0.15) is 0 Å². The minimum absolute atomic E-state index is 0.334. The first-order valence-corrected chi connectivity index (χ1v) is 11.7. The third-order valence-electron chi connectivity index (χ3n) is 5.70. The Balaban J connectivity index is 1.78. The highest BCUT2D eigenvalue weighted by Gasteiger charge is 2.27. The topological polar surface area (TPSA) is 84.9 Å². The van der Waals surface area contributed by atoms with Crippen LogP contribution in [0.4, 0.5) is 11.4 Å². The number of anilines is 2. The van der Waals surface area contributed by atoms with E-state index >= 15 is 0 Å². The third kappa shape index (κ3) is 3.57. The van der Waals surface area contributed by atoms with E-state index in [4.69, 9.17) is 9.47 Å². The van der Waals surface area contributed by atoms with E-state index in [-0.39, 0.29) is 0 Å². The van der Waals surface area contributed by atoms with Gasteiger partial charge < -0.3 is 14.4 Å². The number of methoxy groups -OCH3 is 2. The van der Waals surface area contributed by atoms with E-state index in [1.54, 1.807) is 38.6 Å². The normalized spacial score (nSPS) is 13.6. The van der Waals surface area contributed by atoms with Crippen molar-refractivity contribution >= 4 is 32.3 Å². The molecule has 1 aliphatic heterocycles. The van der Waals surface area contributed by atoms with Crippen molar-refractivity contribution in [3.05, 3.63) is 42.1 Å². The molecule has 164 valence electrons. The molecule has 2 aromatic carbocycles. The molecule has 3 aromatic rings. The Morgan fingerprint density at radius 3 is 2.42 bits per heavy atom. The Kier molecular flexibility index (Phi) is 5.72. The molecule has 1 aliphatic rings. The second-order valence-electron chi connectivity index (χ2n) is 7.24. The van der Waals surface area contributed by atoms with Gasteiger partial charge in [-0.05, 0) is 36.2 Å². The number of rotatable bonds is 7. The van der Waals surface area contributed by atoms with Gasteiger partial charge in [0.05, 0.1) is 36.5 Å². The van der Waals surface area contributed by atoms with Crippen LogP contribution in [0.2, 0.25) is 0 Å². The van der Waals surface area contributed by atoms with E-state index in [1.807, 2.05) is 26.0 Å². The fraction of sp³-hybridized carbons (Fsp3) is 0.364. The lowest BCUT2D eigenvalue weighted by atomic mass is 10.1. The highest BCUT2D eigenvalue weighted by molar-refractivity contribution is 7.89. The van der Waals surface area contributed by atoms with Crippen LogP contribution < -0.4 is 14.4 Å². The zero-order valence-electron chi connectivity index (χ0n) is 18.1. The fourth-order valence-corrected chi connectivity index (χ4v) is 5.60. The van der Waals surface area contributed by atoms with Gasteiger partial charge in [0.15, 0.2) is 11.5 Å². The molecule has 9 heteroatoms. The van der Waals surface area contributed by atoms with Crippen LogP contribution in [0.5, 0.6) is 11.5 Å². The Morgan fingerprint density at radius 1 is 1.03 bits per heavy atom. The van der Waals surface area contributed by atoms with Gasteiger partial charge >= 0.3 is 0 Å². The van der Waals surface area contributed by atoms with Crippen molar-refractivity contribution in [2.45, 2.75) is 25.2 Å². The second-order valence-corrected chi connectivity index (χ2v) is 9.17. The average molecular weight is 443 g/mol. The Labute approximate surface area is 182 Å². The summed E-state index contributed by atoms with van der Waals surface area (Å²) in [5.74, 6) is 1.21. The van der Waals surface area contributed by atoms with Gasteiger partial charge in [-0.1, -0.05) is 13.8 Å². The monoisotopic (exact) mass is 442 g/mol. The van der Waals surface area contributed by atoms with Gasteiger partial charge in [-0.25, -0.2) is 8.42 Å². The minimum Gasteiger partial charge on any atom is -0.493 e. The summed E-state index contributed by atoms with van der Waals surface area (Å²) in [6.45, 7) is 5.31. The molecule has 0 N–H and O–H groups in total. The minimum atomic E-state index is -3.49. The molecule has 0 atom stereocenters. The summed E-state index contributed by atoms with van der Waals surface area (Å²) in [5, 5.41) is 9.30. The molecule has 0 saturated carbocycles. The van der Waals surface area contributed by atoms with Crippen LogP contribution in [0, 0.1) is 0 Å². The van der Waals surface area contributed by atoms with E-state index in [0.29, 0.717) is 35.0 Å². The first kappa shape index (κ1) is 21.3. The zero-order valence-corrected chi connectivity index (χ0v) is 18.9. The Morgan fingerprint density at radius 2 is 1.74 bits per heavy atom. The Bertz CT molecular complexity index is 1230. The summed E-state index contributed by atoms with van der Waals surface area (Å²) in [4.78, 5) is 2.48. The van der Waals surface area contributed by atoms with Gasteiger partial charge in [0.25, 0.3) is 0 Å². The Hall–Kier alpha value is -2.91. The van der Waals surface area contributed by atoms with Crippen LogP contribution in [-0.2, 0) is 16.4 Å². The summed E-state index contributed by atoms with van der Waals surface area (Å²) in [6.07, 6.45) is 2.47. The van der Waals surface area contributed by atoms with E-state index < -0.39 is 10.0 Å². The molecule has 0 saturated heterocycles. The molecular weight excluding hydrogens is 416 g/mol. The lowest BCUT2D eigenvalue weighted by Gasteiger charge is -2.22. The van der Waals surface area contributed by atoms with Gasteiger partial charge in [0.2, 0.25) is 10.0 Å². The molecule has 4 rings (SSSR count). The van der Waals surface area contributed by atoms with Crippen molar-refractivity contribution in [3.8, 4) is 11.5 Å². The van der Waals surface area contributed by atoms with Gasteiger partial charge in [0, 0.05) is 36.8 Å². The molecule has 0 amide bonds. The molecule has 0 bridgehead atoms. The maximum absolute atomic E-state index is 12.9. The van der Waals surface area contributed by atoms with Crippen molar-refractivity contribution < 1.29 is 17.9 Å². The van der Waals surface area contributed by atoms with Gasteiger partial charge in [-0.3, -0.25) is 0 Å². The molecule has 2 heterocycles. The maximum Gasteiger partial charge on any atom is 0.243 e. The summed E-state index contributed by atoms with van der Waals surface area (Å²) >= 11 is 0. The molecule has 8 nitrogen and oxygen atoms in total. The molecular formula is C22H26N4O4S. The van der Waals surface area contributed by atoms with Crippen molar-refractivity contribution in [3.63, 3.8) is 0 Å². The number of nitrogens with zero attached hydrogens (tertiary/aromatic N) is 4. The van der Waals surface area contributed by atoms with E-state index in [9.17, 15) is 8.42 Å². The third-order valence-corrected chi connectivity index (χ3v) is 7.75. The molecule has 0 aliphatic carbocycles. The molecule has 0 fully saturated rings. The number of ether oxygens (including phenoxy) is 2. The number of benzene rings is 2. The van der Waals surface area contributed by atoms with Crippen molar-refractivity contribution in [1.82, 2.24) is 14.5 Å². The van der Waals surface area contributed by atoms with Crippen molar-refractivity contribution in [1.29, 1.82) is 0 Å². The van der Waals surface area contributed by atoms with Crippen LogP contribution >= 0.6 is 0 Å². The first-order chi connectivity index (χ1) is 14.9. The van der Waals surface area contributed by atoms with Crippen LogP contribution in [-0.4, -0.2) is 56.8 Å². The SMILES string of the molecule is CCN(CC)S(=O)(=O)c1ccc2c(c1)CCN2c1cnnc2cc(OC)c(OC)cc12. The lowest BCUT2D eigenvalue weighted by molar-refractivity contribution is 0.355. The van der Waals surface area contributed by atoms with Crippen molar-refractivity contribution in [2.24, 2.45) is 0 Å². The first-order valence-electron chi connectivity index (χ1n) is 10.2. The number of fused-ring (bicyclic) bond motifs is 2. The van der Waals surface area contributed by atoms with Crippen LogP contribution in [0.15, 0.2) is 41.4 Å². The smallest absolute Gasteiger partial charge is 0.243 e. The largest absolute Gasteiger partial charge is 0.493 e. The second kappa shape index (κ2) is 8.32. The molecule has 0 radical (unpaired) electrons. The summed E-state index contributed by atoms with van der Waals surface area (Å²) in [6, 6.07) is 9.07. The van der Waals surface area contributed by atoms with Crippen molar-refractivity contribution in [2.75, 3.05) is 38.8 Å². The van der Waals surface area contributed by atoms with Crippen LogP contribution in [0.1, 0.15) is 19.4 Å². The van der Waals surface area contributed by atoms with Crippen LogP contribution in [0.25, 0.3) is 10.9 Å². The average Bonchev–Trinajstić information content (AvgIpc) is 3.21. The number of aromatic nitrogens is 2. The highest BCUT2D eigenvalue weighted by atomic mass is 32.2. The molecule has 1 aromatic heterocycles. The standard InChI is InChI=1S/C22H26N4O4S/c1-5-25(6-2)31(27,28)16-7-8-19-15(11-16)9-10-26(19)20-14-23-24-18-13-22(30-4)21(29-3)12-17(18)20/h7-8,11-14H,5-6,9-10H2,1-4H3. The fourth-order valence-electron chi connectivity index (χ4n) is 4.09. The highest BCUT2D eigenvalue weighted by Crippen LogP contribution is 2.41. The van der Waals surface area contributed by atoms with E-state index in [1.165, 1.54) is 4.31 Å². The zero-order chi connectivity index (χ0) is 22.2. The molecule has 0 unspecified atom stereocenters. The lowest BCUT2D eigenvalue weighted by Crippen LogP contribution is -2.30. The van der Waals surface area contributed by atoms with Gasteiger partial charge in [-0.2, -0.15) is 14.5 Å². The summed E-state index contributed by atoms with van der Waals surface area (Å²) in [5.41, 5.74) is 3.56. The summed E-state index contributed by atoms with van der Waals surface area (Å²) in [7, 11) is -0.311. The van der Waals surface area contributed by atoms with E-state index in [0.717, 1.165) is 35.3 Å². The quantitative estimate of drug-likeness (QED) is 0.555. The number of sulfonamides is 1. The number of hydrogen-bond acceptors (Lipinski definition) is 7. The molecule has 31 heavy (non-hydrogen) atoms. The summed E-state index contributed by atoms with van der Waals surface area (Å²) < 4.78 is 38.2. The van der Waals surface area contributed by atoms with E-state index in [2.05, 4.69) is 15.1 Å². The maximum atomic E-state index is 12.9. The van der Waals surface area contributed by atoms with Crippen LogP contribution in [0.3, 0.4) is 0 Å². The van der Waals surface area contributed by atoms with Gasteiger partial charge in [-0.15, -0.1) is 0 Å². The number of hydrogen-bond donors (Lipinski definition) is 0. The molecule has 0 spiro atoms. The predicted molar refractivity (Wildman–Crippen MR) is 120 cm³/mol.